The number of sulfonamides is 1. The van der Waals surface area contributed by atoms with Crippen molar-refractivity contribution >= 4 is 10.0 Å². The highest BCUT2D eigenvalue weighted by atomic mass is 32.2. The van der Waals surface area contributed by atoms with Gasteiger partial charge < -0.3 is 5.32 Å². The molecule has 1 fully saturated rings. The van der Waals surface area contributed by atoms with Crippen LogP contribution in [0.25, 0.3) is 0 Å². The summed E-state index contributed by atoms with van der Waals surface area (Å²) in [6.07, 6.45) is -4.54. The molecule has 0 amide bonds. The van der Waals surface area contributed by atoms with Gasteiger partial charge in [0.15, 0.2) is 0 Å². The van der Waals surface area contributed by atoms with Gasteiger partial charge >= 0.3 is 6.18 Å². The highest BCUT2D eigenvalue weighted by Crippen LogP contribution is 2.49. The zero-order valence-electron chi connectivity index (χ0n) is 8.89. The Bertz CT molecular complexity index is 336. The van der Waals surface area contributed by atoms with Crippen LogP contribution >= 0.6 is 0 Å². The number of rotatable bonds is 6. The van der Waals surface area contributed by atoms with Crippen LogP contribution in [0.2, 0.25) is 0 Å². The summed E-state index contributed by atoms with van der Waals surface area (Å²) in [5.41, 5.74) is -2.19. The molecule has 1 aliphatic rings. The highest BCUT2D eigenvalue weighted by Gasteiger charge is 2.65. The molecule has 16 heavy (non-hydrogen) atoms. The lowest BCUT2D eigenvalue weighted by Gasteiger charge is -2.20. The first-order chi connectivity index (χ1) is 7.22. The fourth-order valence-corrected chi connectivity index (χ4v) is 2.90. The summed E-state index contributed by atoms with van der Waals surface area (Å²) < 4.78 is 61.9. The van der Waals surface area contributed by atoms with E-state index in [2.05, 4.69) is 5.32 Å². The summed E-state index contributed by atoms with van der Waals surface area (Å²) in [6.45, 7) is 0.458. The third-order valence-electron chi connectivity index (χ3n) is 2.48. The van der Waals surface area contributed by atoms with Crippen molar-refractivity contribution in [3.8, 4) is 0 Å². The first-order valence-corrected chi connectivity index (χ1v) is 6.61. The Hall–Kier alpha value is -0.340. The van der Waals surface area contributed by atoms with Gasteiger partial charge in [-0.3, -0.25) is 0 Å². The van der Waals surface area contributed by atoms with Gasteiger partial charge in [-0.25, -0.2) is 8.42 Å². The van der Waals surface area contributed by atoms with Gasteiger partial charge in [0, 0.05) is 0 Å². The summed E-state index contributed by atoms with van der Waals surface area (Å²) in [6, 6.07) is 0. The van der Waals surface area contributed by atoms with Gasteiger partial charge in [-0.1, -0.05) is 0 Å². The van der Waals surface area contributed by atoms with Crippen molar-refractivity contribution < 1.29 is 21.6 Å². The second-order valence-electron chi connectivity index (χ2n) is 3.96. The Labute approximate surface area is 92.6 Å². The monoisotopic (exact) mass is 260 g/mol. The molecule has 96 valence electrons. The van der Waals surface area contributed by atoms with Gasteiger partial charge in [0.25, 0.3) is 0 Å². The Morgan fingerprint density at radius 2 is 1.88 bits per heavy atom. The van der Waals surface area contributed by atoms with E-state index in [9.17, 15) is 21.6 Å². The Balaban J connectivity index is 2.54. The van der Waals surface area contributed by atoms with Crippen molar-refractivity contribution in [3.63, 3.8) is 0 Å². The summed E-state index contributed by atoms with van der Waals surface area (Å²) in [4.78, 5) is 0. The van der Waals surface area contributed by atoms with Crippen LogP contribution in [-0.4, -0.2) is 39.5 Å². The topological polar surface area (TPSA) is 58.2 Å². The first kappa shape index (κ1) is 13.7. The summed E-state index contributed by atoms with van der Waals surface area (Å²) in [5, 5.41) is 2.73. The van der Waals surface area contributed by atoms with E-state index >= 15 is 0 Å². The van der Waals surface area contributed by atoms with E-state index in [1.807, 2.05) is 0 Å². The fourth-order valence-electron chi connectivity index (χ4n) is 1.36. The van der Waals surface area contributed by atoms with Crippen LogP contribution in [0.4, 0.5) is 13.2 Å². The van der Waals surface area contributed by atoms with Crippen LogP contribution in [0.5, 0.6) is 0 Å². The number of alkyl halides is 3. The zero-order valence-corrected chi connectivity index (χ0v) is 9.71. The lowest BCUT2D eigenvalue weighted by Crippen LogP contribution is -2.48. The van der Waals surface area contributed by atoms with Crippen LogP contribution in [0.15, 0.2) is 0 Å². The molecule has 4 nitrogen and oxygen atoms in total. The molecule has 0 radical (unpaired) electrons. The van der Waals surface area contributed by atoms with Crippen molar-refractivity contribution in [2.45, 2.75) is 31.0 Å². The maximum absolute atomic E-state index is 12.5. The molecule has 2 N–H and O–H groups in total. The highest BCUT2D eigenvalue weighted by molar-refractivity contribution is 7.89. The Kier molecular flexibility index (Phi) is 3.86. The van der Waals surface area contributed by atoms with Crippen molar-refractivity contribution in [1.29, 1.82) is 0 Å². The SMILES string of the molecule is CNCCCS(=O)(=O)NC1(C(F)(F)F)CC1. The lowest BCUT2D eigenvalue weighted by molar-refractivity contribution is -0.160. The van der Waals surface area contributed by atoms with Crippen molar-refractivity contribution in [2.75, 3.05) is 19.3 Å². The second kappa shape index (κ2) is 4.50. The van der Waals surface area contributed by atoms with Crippen LogP contribution in [0.1, 0.15) is 19.3 Å². The minimum Gasteiger partial charge on any atom is -0.320 e. The van der Waals surface area contributed by atoms with Crippen molar-refractivity contribution in [1.82, 2.24) is 10.0 Å². The molecule has 0 aromatic heterocycles. The number of hydrogen-bond acceptors (Lipinski definition) is 3. The molecular weight excluding hydrogens is 245 g/mol. The van der Waals surface area contributed by atoms with Crippen LogP contribution < -0.4 is 10.0 Å². The lowest BCUT2D eigenvalue weighted by atomic mass is 10.3. The van der Waals surface area contributed by atoms with Gasteiger partial charge in [-0.05, 0) is 32.9 Å². The van der Waals surface area contributed by atoms with E-state index in [1.165, 1.54) is 0 Å². The molecule has 1 rings (SSSR count). The summed E-state index contributed by atoms with van der Waals surface area (Å²) >= 11 is 0. The summed E-state index contributed by atoms with van der Waals surface area (Å²) in [7, 11) is -2.19. The maximum Gasteiger partial charge on any atom is 0.407 e. The zero-order chi connectivity index (χ0) is 12.4. The molecule has 1 aliphatic carbocycles. The fraction of sp³-hybridized carbons (Fsp3) is 1.00. The second-order valence-corrected chi connectivity index (χ2v) is 5.80. The van der Waals surface area contributed by atoms with E-state index in [4.69, 9.17) is 0 Å². The molecule has 0 aromatic carbocycles. The number of halogens is 3. The third-order valence-corrected chi connectivity index (χ3v) is 4.01. The molecule has 0 heterocycles. The van der Waals surface area contributed by atoms with E-state index in [1.54, 1.807) is 11.8 Å². The molecule has 0 aliphatic heterocycles. The number of nitrogens with one attached hydrogen (secondary N) is 2. The molecule has 0 unspecified atom stereocenters. The van der Waals surface area contributed by atoms with E-state index in [-0.39, 0.29) is 18.6 Å². The Morgan fingerprint density at radius 1 is 1.31 bits per heavy atom. The quantitative estimate of drug-likeness (QED) is 0.688. The van der Waals surface area contributed by atoms with Crippen LogP contribution in [-0.2, 0) is 10.0 Å². The minimum atomic E-state index is -4.50. The van der Waals surface area contributed by atoms with Crippen molar-refractivity contribution in [3.05, 3.63) is 0 Å². The maximum atomic E-state index is 12.5. The average molecular weight is 260 g/mol. The molecule has 0 aromatic rings. The molecule has 0 spiro atoms. The molecule has 0 bridgehead atoms. The largest absolute Gasteiger partial charge is 0.407 e. The van der Waals surface area contributed by atoms with Gasteiger partial charge in [-0.2, -0.15) is 17.9 Å². The van der Waals surface area contributed by atoms with Gasteiger partial charge in [0.05, 0.1) is 5.75 Å². The third kappa shape index (κ3) is 3.33. The predicted octanol–water partition coefficient (Wildman–Crippen LogP) is 0.610. The average Bonchev–Trinajstić information content (AvgIpc) is 2.83. The number of hydrogen-bond donors (Lipinski definition) is 2. The van der Waals surface area contributed by atoms with Gasteiger partial charge in [0.2, 0.25) is 10.0 Å². The molecular formula is C8H15F3N2O2S. The Morgan fingerprint density at radius 3 is 2.25 bits per heavy atom. The predicted molar refractivity (Wildman–Crippen MR) is 53.5 cm³/mol. The van der Waals surface area contributed by atoms with Crippen molar-refractivity contribution in [2.24, 2.45) is 0 Å². The standard InChI is InChI=1S/C8H15F3N2O2S/c1-12-5-2-6-16(14,15)13-7(3-4-7)8(9,10)11/h12-13H,2-6H2,1H3. The van der Waals surface area contributed by atoms with E-state index in [0.717, 1.165) is 0 Å². The molecule has 0 atom stereocenters. The van der Waals surface area contributed by atoms with Crippen LogP contribution in [0, 0.1) is 0 Å². The normalized spacial score (nSPS) is 19.8. The first-order valence-electron chi connectivity index (χ1n) is 4.95. The van der Waals surface area contributed by atoms with E-state index in [0.29, 0.717) is 13.0 Å². The molecule has 0 saturated heterocycles. The molecule has 8 heteroatoms. The van der Waals surface area contributed by atoms with Gasteiger partial charge in [0.1, 0.15) is 5.54 Å². The van der Waals surface area contributed by atoms with E-state index < -0.39 is 21.7 Å². The molecule has 1 saturated carbocycles. The minimum absolute atomic E-state index is 0.165. The van der Waals surface area contributed by atoms with Gasteiger partial charge in [-0.15, -0.1) is 0 Å². The van der Waals surface area contributed by atoms with Crippen LogP contribution in [0.3, 0.4) is 0 Å². The summed E-state index contributed by atoms with van der Waals surface area (Å²) in [5.74, 6) is -0.286. The smallest absolute Gasteiger partial charge is 0.320 e.